The Morgan fingerprint density at radius 3 is 2.63 bits per heavy atom. The van der Waals surface area contributed by atoms with Crippen molar-refractivity contribution in [1.82, 2.24) is 19.7 Å². The first-order valence-electron chi connectivity index (χ1n) is 9.19. The summed E-state index contributed by atoms with van der Waals surface area (Å²) in [6.45, 7) is 4.05. The Morgan fingerprint density at radius 2 is 1.97 bits per heavy atom. The van der Waals surface area contributed by atoms with Crippen LogP contribution in [0.25, 0.3) is 5.69 Å². The van der Waals surface area contributed by atoms with E-state index in [2.05, 4.69) is 10.2 Å². The van der Waals surface area contributed by atoms with Gasteiger partial charge in [-0.15, -0.1) is 10.2 Å². The minimum atomic E-state index is -1.06. The highest BCUT2D eigenvalue weighted by Gasteiger charge is 2.27. The van der Waals surface area contributed by atoms with Crippen LogP contribution in [0.3, 0.4) is 0 Å². The van der Waals surface area contributed by atoms with Gasteiger partial charge in [-0.1, -0.05) is 30.0 Å². The second-order valence-electron chi connectivity index (χ2n) is 6.91. The number of thioether (sulfide) groups is 1. The van der Waals surface area contributed by atoms with Gasteiger partial charge in [-0.3, -0.25) is 14.2 Å². The third kappa shape index (κ3) is 4.68. The molecule has 1 heterocycles. The summed E-state index contributed by atoms with van der Waals surface area (Å²) in [6.07, 6.45) is 1.58. The molecule has 0 aliphatic heterocycles. The lowest BCUT2D eigenvalue weighted by atomic mass is 10.0. The minimum absolute atomic E-state index is 0.0130. The first-order chi connectivity index (χ1) is 14.3. The average Bonchev–Trinajstić information content (AvgIpc) is 3.16. The standard InChI is InChI=1S/C21H22FN5O2S/c1-13-7-8-17(9-14(13)2)27-12-24-25-21(27)30-11-18(28)26(3)19(20(23)29)15-5-4-6-16(22)10-15/h4-10,12,19H,11H2,1-3H3,(H2,23,29). The van der Waals surface area contributed by atoms with Gasteiger partial charge in [-0.05, 0) is 54.8 Å². The third-order valence-corrected chi connectivity index (χ3v) is 5.75. The predicted molar refractivity (Wildman–Crippen MR) is 113 cm³/mol. The van der Waals surface area contributed by atoms with Crippen molar-refractivity contribution in [2.45, 2.75) is 25.0 Å². The van der Waals surface area contributed by atoms with Crippen molar-refractivity contribution in [3.63, 3.8) is 0 Å². The first-order valence-corrected chi connectivity index (χ1v) is 10.2. The van der Waals surface area contributed by atoms with Gasteiger partial charge < -0.3 is 10.6 Å². The van der Waals surface area contributed by atoms with Gasteiger partial charge in [-0.2, -0.15) is 0 Å². The van der Waals surface area contributed by atoms with Gasteiger partial charge in [0.15, 0.2) is 5.16 Å². The highest BCUT2D eigenvalue weighted by Crippen LogP contribution is 2.24. The number of nitrogens with zero attached hydrogens (tertiary/aromatic N) is 4. The molecule has 1 aromatic heterocycles. The molecule has 2 amide bonds. The number of hydrogen-bond acceptors (Lipinski definition) is 5. The Bertz CT molecular complexity index is 1080. The van der Waals surface area contributed by atoms with Gasteiger partial charge in [0.1, 0.15) is 18.2 Å². The number of benzene rings is 2. The number of carbonyl (C=O) groups is 2. The Balaban J connectivity index is 1.74. The van der Waals surface area contributed by atoms with E-state index in [1.807, 2.05) is 32.0 Å². The smallest absolute Gasteiger partial charge is 0.244 e. The number of aryl methyl sites for hydroxylation is 2. The molecule has 1 unspecified atom stereocenters. The van der Waals surface area contributed by atoms with Gasteiger partial charge in [0.05, 0.1) is 5.75 Å². The molecule has 0 aliphatic carbocycles. The molecular formula is C21H22FN5O2S. The summed E-state index contributed by atoms with van der Waals surface area (Å²) >= 11 is 1.19. The van der Waals surface area contributed by atoms with Crippen LogP contribution in [0.2, 0.25) is 0 Å². The summed E-state index contributed by atoms with van der Waals surface area (Å²) in [4.78, 5) is 25.9. The molecular weight excluding hydrogens is 405 g/mol. The Hall–Kier alpha value is -3.20. The molecule has 9 heteroatoms. The number of rotatable bonds is 7. The fourth-order valence-corrected chi connectivity index (χ4v) is 3.86. The molecule has 0 spiro atoms. The van der Waals surface area contributed by atoms with Crippen molar-refractivity contribution in [2.75, 3.05) is 12.8 Å². The van der Waals surface area contributed by atoms with E-state index in [9.17, 15) is 14.0 Å². The fourth-order valence-electron chi connectivity index (χ4n) is 3.00. The molecule has 30 heavy (non-hydrogen) atoms. The highest BCUT2D eigenvalue weighted by atomic mass is 32.2. The normalized spacial score (nSPS) is 11.9. The van der Waals surface area contributed by atoms with Crippen LogP contribution in [0.5, 0.6) is 0 Å². The second-order valence-corrected chi connectivity index (χ2v) is 7.85. The number of likely N-dealkylation sites (N-methyl/N-ethyl adjacent to an activating group) is 1. The van der Waals surface area contributed by atoms with Gasteiger partial charge in [0.25, 0.3) is 0 Å². The molecule has 2 aromatic carbocycles. The first kappa shape index (κ1) is 21.5. The molecule has 0 bridgehead atoms. The summed E-state index contributed by atoms with van der Waals surface area (Å²) in [7, 11) is 1.47. The fraction of sp³-hybridized carbons (Fsp3) is 0.238. The zero-order valence-corrected chi connectivity index (χ0v) is 17.7. The number of carbonyl (C=O) groups excluding carboxylic acids is 2. The Labute approximate surface area is 178 Å². The van der Waals surface area contributed by atoms with Crippen LogP contribution >= 0.6 is 11.8 Å². The number of amides is 2. The highest BCUT2D eigenvalue weighted by molar-refractivity contribution is 7.99. The molecule has 0 saturated heterocycles. The molecule has 0 aliphatic rings. The van der Waals surface area contributed by atoms with E-state index in [0.717, 1.165) is 11.3 Å². The molecule has 0 radical (unpaired) electrons. The van der Waals surface area contributed by atoms with Gasteiger partial charge in [0.2, 0.25) is 11.8 Å². The third-order valence-electron chi connectivity index (χ3n) is 4.82. The van der Waals surface area contributed by atoms with E-state index >= 15 is 0 Å². The summed E-state index contributed by atoms with van der Waals surface area (Å²) in [5, 5.41) is 8.58. The monoisotopic (exact) mass is 427 g/mol. The Morgan fingerprint density at radius 1 is 1.20 bits per heavy atom. The topological polar surface area (TPSA) is 94.1 Å². The van der Waals surface area contributed by atoms with E-state index in [4.69, 9.17) is 5.73 Å². The molecule has 1 atom stereocenters. The number of hydrogen-bond donors (Lipinski definition) is 1. The SMILES string of the molecule is Cc1ccc(-n2cnnc2SCC(=O)N(C)C(C(N)=O)c2cccc(F)c2)cc1C. The van der Waals surface area contributed by atoms with Crippen molar-refractivity contribution in [3.05, 3.63) is 71.3 Å². The van der Waals surface area contributed by atoms with Crippen LogP contribution in [-0.2, 0) is 9.59 Å². The molecule has 7 nitrogen and oxygen atoms in total. The van der Waals surface area contributed by atoms with Crippen LogP contribution in [0.4, 0.5) is 4.39 Å². The van der Waals surface area contributed by atoms with Crippen molar-refractivity contribution in [2.24, 2.45) is 5.73 Å². The van der Waals surface area contributed by atoms with E-state index < -0.39 is 17.8 Å². The van der Waals surface area contributed by atoms with Crippen LogP contribution in [0, 0.1) is 19.7 Å². The number of nitrogens with two attached hydrogens (primary N) is 1. The van der Waals surface area contributed by atoms with Crippen LogP contribution in [-0.4, -0.2) is 44.3 Å². The maximum absolute atomic E-state index is 13.6. The molecule has 0 fully saturated rings. The number of halogens is 1. The van der Waals surface area contributed by atoms with Gasteiger partial charge in [-0.25, -0.2) is 4.39 Å². The van der Waals surface area contributed by atoms with E-state index in [1.54, 1.807) is 17.0 Å². The molecule has 0 saturated carbocycles. The van der Waals surface area contributed by atoms with Gasteiger partial charge in [0, 0.05) is 12.7 Å². The van der Waals surface area contributed by atoms with Gasteiger partial charge >= 0.3 is 0 Å². The Kier molecular flexibility index (Phi) is 6.51. The number of primary amides is 1. The summed E-state index contributed by atoms with van der Waals surface area (Å²) in [5.74, 6) is -1.57. The van der Waals surface area contributed by atoms with E-state index in [0.29, 0.717) is 10.7 Å². The minimum Gasteiger partial charge on any atom is -0.368 e. The molecule has 2 N–H and O–H groups in total. The quantitative estimate of drug-likeness (QED) is 0.585. The zero-order chi connectivity index (χ0) is 21.8. The number of aromatic nitrogens is 3. The van der Waals surface area contributed by atoms with Crippen LogP contribution < -0.4 is 5.73 Å². The second kappa shape index (κ2) is 9.08. The lowest BCUT2D eigenvalue weighted by Gasteiger charge is -2.26. The lowest BCUT2D eigenvalue weighted by molar-refractivity contribution is -0.136. The average molecular weight is 428 g/mol. The van der Waals surface area contributed by atoms with Crippen molar-refractivity contribution >= 4 is 23.6 Å². The van der Waals surface area contributed by atoms with Crippen molar-refractivity contribution in [3.8, 4) is 5.69 Å². The van der Waals surface area contributed by atoms with Crippen LogP contribution in [0.15, 0.2) is 53.9 Å². The summed E-state index contributed by atoms with van der Waals surface area (Å²) in [6, 6.07) is 10.4. The maximum atomic E-state index is 13.6. The van der Waals surface area contributed by atoms with Crippen LogP contribution in [0.1, 0.15) is 22.7 Å². The molecule has 3 rings (SSSR count). The van der Waals surface area contributed by atoms with Crippen molar-refractivity contribution in [1.29, 1.82) is 0 Å². The molecule has 156 valence electrons. The zero-order valence-electron chi connectivity index (χ0n) is 16.9. The maximum Gasteiger partial charge on any atom is 0.244 e. The summed E-state index contributed by atoms with van der Waals surface area (Å²) < 4.78 is 15.4. The molecule has 3 aromatic rings. The summed E-state index contributed by atoms with van der Waals surface area (Å²) in [5.41, 5.74) is 9.00. The largest absolute Gasteiger partial charge is 0.368 e. The van der Waals surface area contributed by atoms with Crippen molar-refractivity contribution < 1.29 is 14.0 Å². The van der Waals surface area contributed by atoms with E-state index in [1.165, 1.54) is 47.5 Å². The predicted octanol–water partition coefficient (Wildman–Crippen LogP) is 2.80. The van der Waals surface area contributed by atoms with E-state index in [-0.39, 0.29) is 11.7 Å². The lowest BCUT2D eigenvalue weighted by Crippen LogP contribution is -2.40.